The molecule has 1 aliphatic rings. The van der Waals surface area contributed by atoms with Gasteiger partial charge in [0.25, 0.3) is 5.91 Å². The number of anilines is 1. The van der Waals surface area contributed by atoms with Crippen molar-refractivity contribution in [1.82, 2.24) is 5.32 Å². The smallest absolute Gasteiger partial charge is 0.251 e. The summed E-state index contributed by atoms with van der Waals surface area (Å²) in [6.45, 7) is 0.392. The van der Waals surface area contributed by atoms with Gasteiger partial charge in [-0.05, 0) is 42.2 Å². The summed E-state index contributed by atoms with van der Waals surface area (Å²) in [4.78, 5) is 23.6. The lowest BCUT2D eigenvalue weighted by atomic mass is 10.00. The zero-order valence-corrected chi connectivity index (χ0v) is 13.3. The topological polar surface area (TPSA) is 78.4 Å². The van der Waals surface area contributed by atoms with E-state index in [0.717, 1.165) is 16.8 Å². The van der Waals surface area contributed by atoms with Crippen molar-refractivity contribution in [2.24, 2.45) is 0 Å². The molecule has 2 aromatic rings. The first-order valence-corrected chi connectivity index (χ1v) is 8.07. The molecule has 0 bridgehead atoms. The van der Waals surface area contributed by atoms with Crippen molar-refractivity contribution in [2.75, 3.05) is 11.9 Å². The molecule has 0 aromatic heterocycles. The largest absolute Gasteiger partial charge is 0.388 e. The summed E-state index contributed by atoms with van der Waals surface area (Å²) >= 11 is 0. The van der Waals surface area contributed by atoms with Gasteiger partial charge in [0.15, 0.2) is 0 Å². The maximum absolute atomic E-state index is 12.2. The fourth-order valence-corrected chi connectivity index (χ4v) is 2.79. The molecule has 0 saturated heterocycles. The van der Waals surface area contributed by atoms with Gasteiger partial charge in [0.05, 0.1) is 6.10 Å². The van der Waals surface area contributed by atoms with E-state index in [1.807, 2.05) is 36.4 Å². The predicted molar refractivity (Wildman–Crippen MR) is 91.7 cm³/mol. The van der Waals surface area contributed by atoms with Crippen molar-refractivity contribution in [3.05, 3.63) is 65.2 Å². The van der Waals surface area contributed by atoms with Crippen LogP contribution in [0.5, 0.6) is 0 Å². The molecular formula is C19H20N2O3. The molecule has 1 atom stereocenters. The van der Waals surface area contributed by atoms with E-state index in [4.69, 9.17) is 0 Å². The number of hydrogen-bond acceptors (Lipinski definition) is 3. The Morgan fingerprint density at radius 1 is 1.17 bits per heavy atom. The number of aliphatic hydroxyl groups is 1. The van der Waals surface area contributed by atoms with E-state index in [2.05, 4.69) is 10.6 Å². The SMILES string of the molecule is O=C1CCc2cc(C(=O)NCCC(O)c3ccccc3)ccc2N1. The summed E-state index contributed by atoms with van der Waals surface area (Å²) in [7, 11) is 0. The lowest BCUT2D eigenvalue weighted by Gasteiger charge is -2.17. The Labute approximate surface area is 140 Å². The van der Waals surface area contributed by atoms with Crippen LogP contribution >= 0.6 is 0 Å². The number of hydrogen-bond donors (Lipinski definition) is 3. The zero-order chi connectivity index (χ0) is 16.9. The Bertz CT molecular complexity index is 744. The monoisotopic (exact) mass is 324 g/mol. The van der Waals surface area contributed by atoms with Crippen LogP contribution in [0.4, 0.5) is 5.69 Å². The minimum absolute atomic E-state index is 0.00889. The molecule has 0 radical (unpaired) electrons. The normalized spacial score (nSPS) is 14.5. The van der Waals surface area contributed by atoms with Crippen molar-refractivity contribution < 1.29 is 14.7 Å². The van der Waals surface area contributed by atoms with Crippen LogP contribution in [0.15, 0.2) is 48.5 Å². The first-order valence-electron chi connectivity index (χ1n) is 8.07. The van der Waals surface area contributed by atoms with Crippen LogP contribution < -0.4 is 10.6 Å². The number of fused-ring (bicyclic) bond motifs is 1. The molecule has 3 rings (SSSR count). The molecule has 24 heavy (non-hydrogen) atoms. The maximum Gasteiger partial charge on any atom is 0.251 e. The van der Waals surface area contributed by atoms with Crippen molar-refractivity contribution in [2.45, 2.75) is 25.4 Å². The molecule has 1 unspecified atom stereocenters. The molecule has 1 aliphatic heterocycles. The molecule has 2 aromatic carbocycles. The number of nitrogens with one attached hydrogen (secondary N) is 2. The first kappa shape index (κ1) is 16.2. The molecule has 2 amide bonds. The summed E-state index contributed by atoms with van der Waals surface area (Å²) in [6, 6.07) is 14.7. The number of rotatable bonds is 5. The Balaban J connectivity index is 1.55. The minimum Gasteiger partial charge on any atom is -0.388 e. The number of amides is 2. The number of aliphatic hydroxyl groups excluding tert-OH is 1. The highest BCUT2D eigenvalue weighted by molar-refractivity contribution is 5.97. The second-order valence-corrected chi connectivity index (χ2v) is 5.89. The molecule has 0 aliphatic carbocycles. The third-order valence-corrected chi connectivity index (χ3v) is 4.15. The summed E-state index contributed by atoms with van der Waals surface area (Å²) < 4.78 is 0. The number of aryl methyl sites for hydroxylation is 1. The Kier molecular flexibility index (Phi) is 4.91. The van der Waals surface area contributed by atoms with Gasteiger partial charge >= 0.3 is 0 Å². The van der Waals surface area contributed by atoms with Crippen LogP contribution in [0.3, 0.4) is 0 Å². The quantitative estimate of drug-likeness (QED) is 0.790. The maximum atomic E-state index is 12.2. The van der Waals surface area contributed by atoms with Gasteiger partial charge in [-0.15, -0.1) is 0 Å². The summed E-state index contributed by atoms with van der Waals surface area (Å²) in [5, 5.41) is 15.7. The zero-order valence-electron chi connectivity index (χ0n) is 13.3. The summed E-state index contributed by atoms with van der Waals surface area (Å²) in [5.74, 6) is -0.162. The van der Waals surface area contributed by atoms with Crippen molar-refractivity contribution in [3.8, 4) is 0 Å². The average Bonchev–Trinajstić information content (AvgIpc) is 2.61. The highest BCUT2D eigenvalue weighted by Crippen LogP contribution is 2.23. The third kappa shape index (κ3) is 3.81. The lowest BCUT2D eigenvalue weighted by Crippen LogP contribution is -2.26. The Hall–Kier alpha value is -2.66. The van der Waals surface area contributed by atoms with E-state index in [1.165, 1.54) is 0 Å². The van der Waals surface area contributed by atoms with Crippen molar-refractivity contribution in [1.29, 1.82) is 0 Å². The Morgan fingerprint density at radius 2 is 1.96 bits per heavy atom. The standard InChI is InChI=1S/C19H20N2O3/c22-17(13-4-2-1-3-5-13)10-11-20-19(24)15-6-8-16-14(12-15)7-9-18(23)21-16/h1-6,8,12,17,22H,7,9-11H2,(H,20,24)(H,21,23). The van der Waals surface area contributed by atoms with Crippen LogP contribution in [0.2, 0.25) is 0 Å². The number of carbonyl (C=O) groups excluding carboxylic acids is 2. The van der Waals surface area contributed by atoms with Gasteiger partial charge in [-0.25, -0.2) is 0 Å². The van der Waals surface area contributed by atoms with Gasteiger partial charge in [0.2, 0.25) is 5.91 Å². The number of benzene rings is 2. The highest BCUT2D eigenvalue weighted by Gasteiger charge is 2.16. The Morgan fingerprint density at radius 3 is 2.75 bits per heavy atom. The van der Waals surface area contributed by atoms with Crippen LogP contribution in [0.25, 0.3) is 0 Å². The van der Waals surface area contributed by atoms with Crippen LogP contribution in [-0.2, 0) is 11.2 Å². The molecule has 5 heteroatoms. The van der Waals surface area contributed by atoms with Crippen LogP contribution in [0.1, 0.15) is 40.4 Å². The van der Waals surface area contributed by atoms with Crippen molar-refractivity contribution >= 4 is 17.5 Å². The number of carbonyl (C=O) groups is 2. The summed E-state index contributed by atoms with van der Waals surface area (Å²) in [5.41, 5.74) is 3.17. The molecule has 0 spiro atoms. The molecule has 1 heterocycles. The lowest BCUT2D eigenvalue weighted by molar-refractivity contribution is -0.116. The average molecular weight is 324 g/mol. The van der Waals surface area contributed by atoms with E-state index in [-0.39, 0.29) is 11.8 Å². The van der Waals surface area contributed by atoms with Gasteiger partial charge in [-0.1, -0.05) is 30.3 Å². The van der Waals surface area contributed by atoms with E-state index in [9.17, 15) is 14.7 Å². The van der Waals surface area contributed by atoms with E-state index >= 15 is 0 Å². The van der Waals surface area contributed by atoms with Gasteiger partial charge in [-0.2, -0.15) is 0 Å². The van der Waals surface area contributed by atoms with Gasteiger partial charge in [-0.3, -0.25) is 9.59 Å². The van der Waals surface area contributed by atoms with Gasteiger partial charge < -0.3 is 15.7 Å². The fourth-order valence-electron chi connectivity index (χ4n) is 2.79. The predicted octanol–water partition coefficient (Wildman–Crippen LogP) is 2.42. The molecular weight excluding hydrogens is 304 g/mol. The molecule has 5 nitrogen and oxygen atoms in total. The van der Waals surface area contributed by atoms with Crippen molar-refractivity contribution in [3.63, 3.8) is 0 Å². The van der Waals surface area contributed by atoms with Crippen LogP contribution in [0, 0.1) is 0 Å². The molecule has 124 valence electrons. The second kappa shape index (κ2) is 7.27. The highest BCUT2D eigenvalue weighted by atomic mass is 16.3. The second-order valence-electron chi connectivity index (χ2n) is 5.89. The summed E-state index contributed by atoms with van der Waals surface area (Å²) in [6.07, 6.45) is 0.956. The molecule has 0 fully saturated rings. The van der Waals surface area contributed by atoms with Gasteiger partial charge in [0.1, 0.15) is 0 Å². The van der Waals surface area contributed by atoms with Crippen LogP contribution in [-0.4, -0.2) is 23.5 Å². The van der Waals surface area contributed by atoms with E-state index in [1.54, 1.807) is 12.1 Å². The molecule has 3 N–H and O–H groups in total. The first-order chi connectivity index (χ1) is 11.6. The van der Waals surface area contributed by atoms with E-state index < -0.39 is 6.10 Å². The minimum atomic E-state index is -0.592. The molecule has 0 saturated carbocycles. The fraction of sp³-hybridized carbons (Fsp3) is 0.263. The third-order valence-electron chi connectivity index (χ3n) is 4.15. The van der Waals surface area contributed by atoms with E-state index in [0.29, 0.717) is 31.4 Å². The van der Waals surface area contributed by atoms with Gasteiger partial charge in [0, 0.05) is 24.2 Å².